The number of esters is 1. The summed E-state index contributed by atoms with van der Waals surface area (Å²) in [7, 11) is 2.80. The van der Waals surface area contributed by atoms with Crippen LogP contribution in [0, 0.1) is 19.7 Å². The zero-order chi connectivity index (χ0) is 28.0. The molecule has 1 aliphatic rings. The quantitative estimate of drug-likeness (QED) is 0.331. The number of halogens is 2. The molecule has 0 aliphatic carbocycles. The highest BCUT2D eigenvalue weighted by Gasteiger charge is 2.35. The highest BCUT2D eigenvalue weighted by Crippen LogP contribution is 2.37. The highest BCUT2D eigenvalue weighted by molar-refractivity contribution is 7.07. The van der Waals surface area contributed by atoms with Crippen LogP contribution in [0.5, 0.6) is 5.75 Å². The molecule has 0 radical (unpaired) electrons. The van der Waals surface area contributed by atoms with Gasteiger partial charge in [-0.3, -0.25) is 9.36 Å². The number of aromatic nitrogens is 2. The Morgan fingerprint density at radius 2 is 1.82 bits per heavy atom. The number of carbonyl (C=O) groups excluding carboxylic acids is 1. The van der Waals surface area contributed by atoms with Crippen LogP contribution in [-0.4, -0.2) is 29.3 Å². The second-order valence-corrected chi connectivity index (χ2v) is 10.5. The van der Waals surface area contributed by atoms with E-state index >= 15 is 0 Å². The van der Waals surface area contributed by atoms with Gasteiger partial charge in [0.25, 0.3) is 5.56 Å². The average Bonchev–Trinajstić information content (AvgIpc) is 3.37. The molecule has 10 heteroatoms. The van der Waals surface area contributed by atoms with Crippen molar-refractivity contribution in [1.29, 1.82) is 0 Å². The molecule has 4 aromatic rings. The maximum Gasteiger partial charge on any atom is 0.338 e. The van der Waals surface area contributed by atoms with Gasteiger partial charge in [-0.1, -0.05) is 22.9 Å². The summed E-state index contributed by atoms with van der Waals surface area (Å²) >= 11 is 7.57. The molecule has 0 N–H and O–H groups in total. The largest absolute Gasteiger partial charge is 0.496 e. The molecule has 1 aliphatic heterocycles. The smallest absolute Gasteiger partial charge is 0.338 e. The molecule has 0 spiro atoms. The van der Waals surface area contributed by atoms with E-state index in [1.54, 1.807) is 37.3 Å². The first-order chi connectivity index (χ1) is 18.6. The Hall–Kier alpha value is -3.95. The molecule has 5 rings (SSSR count). The van der Waals surface area contributed by atoms with E-state index in [9.17, 15) is 14.0 Å². The Balaban J connectivity index is 1.73. The van der Waals surface area contributed by atoms with Crippen molar-refractivity contribution in [2.24, 2.45) is 4.99 Å². The zero-order valence-electron chi connectivity index (χ0n) is 21.9. The Morgan fingerprint density at radius 1 is 1.10 bits per heavy atom. The van der Waals surface area contributed by atoms with Gasteiger partial charge >= 0.3 is 5.97 Å². The summed E-state index contributed by atoms with van der Waals surface area (Å²) in [5, 5.41) is 0.431. The van der Waals surface area contributed by atoms with Crippen molar-refractivity contribution in [3.8, 4) is 11.4 Å². The van der Waals surface area contributed by atoms with Crippen LogP contribution in [0.2, 0.25) is 5.02 Å². The summed E-state index contributed by atoms with van der Waals surface area (Å²) in [6, 6.07) is 12.4. The average molecular weight is 566 g/mol. The third-order valence-electron chi connectivity index (χ3n) is 6.76. The molecular weight excluding hydrogens is 541 g/mol. The normalized spacial score (nSPS) is 15.3. The van der Waals surface area contributed by atoms with Crippen LogP contribution in [0.15, 0.2) is 69.6 Å². The molecule has 0 unspecified atom stereocenters. The van der Waals surface area contributed by atoms with E-state index in [0.717, 1.165) is 22.6 Å². The van der Waals surface area contributed by atoms with Gasteiger partial charge in [-0.25, -0.2) is 14.2 Å². The van der Waals surface area contributed by atoms with Gasteiger partial charge in [0, 0.05) is 27.7 Å². The number of hydrogen-bond acceptors (Lipinski definition) is 6. The molecule has 0 saturated carbocycles. The topological polar surface area (TPSA) is 74.8 Å². The summed E-state index contributed by atoms with van der Waals surface area (Å²) in [6.45, 7) is 5.61. The third kappa shape index (κ3) is 4.62. The van der Waals surface area contributed by atoms with Crippen molar-refractivity contribution in [1.82, 2.24) is 9.13 Å². The molecule has 0 saturated heterocycles. The lowest BCUT2D eigenvalue weighted by Crippen LogP contribution is -2.40. The minimum atomic E-state index is -0.851. The molecule has 1 atom stereocenters. The molecule has 7 nitrogen and oxygen atoms in total. The third-order valence-corrected chi connectivity index (χ3v) is 7.97. The number of ether oxygens (including phenoxy) is 2. The second kappa shape index (κ2) is 10.3. The molecule has 2 aromatic carbocycles. The Kier molecular flexibility index (Phi) is 7.05. The van der Waals surface area contributed by atoms with Gasteiger partial charge in [0.1, 0.15) is 17.6 Å². The van der Waals surface area contributed by atoms with Gasteiger partial charge in [-0.05, 0) is 80.9 Å². The van der Waals surface area contributed by atoms with Gasteiger partial charge in [-0.2, -0.15) is 0 Å². The van der Waals surface area contributed by atoms with Crippen molar-refractivity contribution in [2.75, 3.05) is 14.2 Å². The fourth-order valence-corrected chi connectivity index (χ4v) is 6.19. The lowest BCUT2D eigenvalue weighted by atomic mass is 9.95. The van der Waals surface area contributed by atoms with E-state index in [2.05, 4.69) is 4.99 Å². The van der Waals surface area contributed by atoms with Gasteiger partial charge in [0.15, 0.2) is 4.80 Å². The van der Waals surface area contributed by atoms with Crippen LogP contribution in [0.4, 0.5) is 4.39 Å². The van der Waals surface area contributed by atoms with Crippen LogP contribution >= 0.6 is 22.9 Å². The summed E-state index contributed by atoms with van der Waals surface area (Å²) in [6.07, 6.45) is 1.82. The maximum atomic E-state index is 13.9. The minimum Gasteiger partial charge on any atom is -0.496 e. The first-order valence-corrected chi connectivity index (χ1v) is 13.2. The van der Waals surface area contributed by atoms with E-state index in [1.807, 2.05) is 30.6 Å². The SMILES string of the molecule is COC(=O)C1=C(C)N=c2s/c(=C\c3cc(C)n(-c4ccc(F)cc4)c3C)c(=O)n2[C@H]1c1cc(Cl)ccc1OC. The van der Waals surface area contributed by atoms with E-state index in [1.165, 1.54) is 42.3 Å². The lowest BCUT2D eigenvalue weighted by molar-refractivity contribution is -0.136. The number of allylic oxidation sites excluding steroid dienone is 1. The monoisotopic (exact) mass is 565 g/mol. The second-order valence-electron chi connectivity index (χ2n) is 9.10. The molecule has 3 heterocycles. The van der Waals surface area contributed by atoms with E-state index in [0.29, 0.717) is 31.4 Å². The number of benzene rings is 2. The number of rotatable bonds is 5. The Morgan fingerprint density at radius 3 is 2.49 bits per heavy atom. The van der Waals surface area contributed by atoms with Gasteiger partial charge in [0.05, 0.1) is 30.0 Å². The maximum absolute atomic E-state index is 13.9. The predicted octanol–water partition coefficient (Wildman–Crippen LogP) is 4.62. The van der Waals surface area contributed by atoms with Gasteiger partial charge < -0.3 is 14.0 Å². The molecular formula is C29H25ClFN3O4S. The zero-order valence-corrected chi connectivity index (χ0v) is 23.5. The number of hydrogen-bond donors (Lipinski definition) is 0. The van der Waals surface area contributed by atoms with Crippen molar-refractivity contribution in [3.05, 3.63) is 113 Å². The van der Waals surface area contributed by atoms with Crippen molar-refractivity contribution in [2.45, 2.75) is 26.8 Å². The van der Waals surface area contributed by atoms with Gasteiger partial charge in [0.2, 0.25) is 0 Å². The fourth-order valence-electron chi connectivity index (χ4n) is 4.97. The van der Waals surface area contributed by atoms with E-state index in [-0.39, 0.29) is 16.9 Å². The fraction of sp³-hybridized carbons (Fsp3) is 0.207. The number of methoxy groups -OCH3 is 2. The Labute approximate surface area is 232 Å². The van der Waals surface area contributed by atoms with Crippen LogP contribution in [0.3, 0.4) is 0 Å². The molecule has 0 bridgehead atoms. The minimum absolute atomic E-state index is 0.228. The number of fused-ring (bicyclic) bond motifs is 1. The molecule has 2 aromatic heterocycles. The summed E-state index contributed by atoms with van der Waals surface area (Å²) in [5.41, 5.74) is 4.38. The van der Waals surface area contributed by atoms with Crippen molar-refractivity contribution < 1.29 is 18.7 Å². The van der Waals surface area contributed by atoms with E-state index in [4.69, 9.17) is 21.1 Å². The Bertz CT molecular complexity index is 1830. The lowest BCUT2D eigenvalue weighted by Gasteiger charge is -2.25. The number of carbonyl (C=O) groups is 1. The molecule has 39 heavy (non-hydrogen) atoms. The summed E-state index contributed by atoms with van der Waals surface area (Å²) in [4.78, 5) is 31.9. The highest BCUT2D eigenvalue weighted by atomic mass is 35.5. The number of nitrogens with zero attached hydrogens (tertiary/aromatic N) is 3. The standard InChI is InChI=1S/C29H25ClFN3O4S/c1-15-12-18(17(3)33(15)21-9-7-20(31)8-10-21)13-24-27(35)34-26(22-14-19(30)6-11-23(22)37-4)25(28(36)38-5)16(2)32-29(34)39-24/h6-14,26H,1-5H3/b24-13-/t26-/m0/s1. The van der Waals surface area contributed by atoms with E-state index < -0.39 is 12.0 Å². The first kappa shape index (κ1) is 26.6. The summed E-state index contributed by atoms with van der Waals surface area (Å²) < 4.78 is 28.1. The first-order valence-electron chi connectivity index (χ1n) is 12.0. The number of aryl methyl sites for hydroxylation is 1. The molecule has 200 valence electrons. The molecule has 0 amide bonds. The van der Waals surface area contributed by atoms with Crippen molar-refractivity contribution >= 4 is 35.0 Å². The van der Waals surface area contributed by atoms with Crippen LogP contribution < -0.4 is 19.6 Å². The van der Waals surface area contributed by atoms with Crippen LogP contribution in [-0.2, 0) is 9.53 Å². The van der Waals surface area contributed by atoms with Crippen molar-refractivity contribution in [3.63, 3.8) is 0 Å². The van der Waals surface area contributed by atoms with Gasteiger partial charge in [-0.15, -0.1) is 0 Å². The molecule has 0 fully saturated rings. The summed E-state index contributed by atoms with van der Waals surface area (Å²) in [5.74, 6) is -0.437. The predicted molar refractivity (Wildman–Crippen MR) is 149 cm³/mol. The van der Waals surface area contributed by atoms with Crippen LogP contribution in [0.25, 0.3) is 11.8 Å². The van der Waals surface area contributed by atoms with Crippen LogP contribution in [0.1, 0.15) is 35.5 Å². The number of thiazole rings is 1.